The van der Waals surface area contributed by atoms with Crippen LogP contribution in [-0.2, 0) is 0 Å². The number of aliphatic hydroxyl groups excluding tert-OH is 1. The van der Waals surface area contributed by atoms with E-state index in [4.69, 9.17) is 0 Å². The Morgan fingerprint density at radius 1 is 1.12 bits per heavy atom. The summed E-state index contributed by atoms with van der Waals surface area (Å²) in [5.41, 5.74) is 0. The zero-order chi connectivity index (χ0) is 11.4. The molecule has 4 unspecified atom stereocenters. The van der Waals surface area contributed by atoms with Gasteiger partial charge in [-0.25, -0.2) is 0 Å². The molecule has 0 radical (unpaired) electrons. The van der Waals surface area contributed by atoms with E-state index in [1.54, 1.807) is 0 Å². The number of fused-ring (bicyclic) bond motifs is 1. The molecular formula is C14H27NO. The average molecular weight is 225 g/mol. The maximum absolute atomic E-state index is 9.56. The first kappa shape index (κ1) is 12.4. The quantitative estimate of drug-likeness (QED) is 0.771. The van der Waals surface area contributed by atoms with Gasteiger partial charge in [-0.1, -0.05) is 32.6 Å². The van der Waals surface area contributed by atoms with Crippen molar-refractivity contribution in [3.05, 3.63) is 0 Å². The highest BCUT2D eigenvalue weighted by Crippen LogP contribution is 2.40. The molecule has 2 N–H and O–H groups in total. The summed E-state index contributed by atoms with van der Waals surface area (Å²) in [6, 6.07) is 0.681. The molecule has 2 heteroatoms. The van der Waals surface area contributed by atoms with Gasteiger partial charge in [-0.05, 0) is 37.5 Å². The third-order valence-electron chi connectivity index (χ3n) is 4.65. The smallest absolute Gasteiger partial charge is 0.0662 e. The summed E-state index contributed by atoms with van der Waals surface area (Å²) in [5, 5.41) is 13.1. The van der Waals surface area contributed by atoms with E-state index >= 15 is 0 Å². The molecule has 0 heterocycles. The molecule has 0 amide bonds. The predicted octanol–water partition coefficient (Wildman–Crippen LogP) is 2.71. The molecule has 2 rings (SSSR count). The van der Waals surface area contributed by atoms with Crippen LogP contribution in [0.15, 0.2) is 0 Å². The van der Waals surface area contributed by atoms with Crippen molar-refractivity contribution in [1.82, 2.24) is 5.32 Å². The van der Waals surface area contributed by atoms with Gasteiger partial charge in [0.05, 0.1) is 6.10 Å². The van der Waals surface area contributed by atoms with Crippen LogP contribution in [0.4, 0.5) is 0 Å². The number of hydrogen-bond acceptors (Lipinski definition) is 2. The molecule has 2 aliphatic carbocycles. The fourth-order valence-electron chi connectivity index (χ4n) is 3.51. The van der Waals surface area contributed by atoms with Gasteiger partial charge < -0.3 is 10.4 Å². The molecule has 0 bridgehead atoms. The number of rotatable bonds is 4. The van der Waals surface area contributed by atoms with Crippen LogP contribution in [0.3, 0.4) is 0 Å². The molecule has 0 aromatic heterocycles. The van der Waals surface area contributed by atoms with E-state index in [0.29, 0.717) is 6.04 Å². The zero-order valence-corrected chi connectivity index (χ0v) is 10.6. The standard InChI is InChI=1S/C14H27NO/c1-2-14(16)10-15-13-8-7-11-5-3-4-6-12(11)9-13/h11-16H,2-10H2,1H3. The van der Waals surface area contributed by atoms with E-state index in [0.717, 1.165) is 24.8 Å². The van der Waals surface area contributed by atoms with E-state index < -0.39 is 0 Å². The lowest BCUT2D eigenvalue weighted by Crippen LogP contribution is -2.41. The third-order valence-corrected chi connectivity index (χ3v) is 4.65. The molecular weight excluding hydrogens is 198 g/mol. The largest absolute Gasteiger partial charge is 0.392 e. The molecule has 0 aromatic carbocycles. The molecule has 0 spiro atoms. The highest BCUT2D eigenvalue weighted by molar-refractivity contribution is 4.86. The van der Waals surface area contributed by atoms with Crippen molar-refractivity contribution in [2.45, 2.75) is 70.4 Å². The number of hydrogen-bond donors (Lipinski definition) is 2. The first-order valence-corrected chi connectivity index (χ1v) is 7.21. The molecule has 16 heavy (non-hydrogen) atoms. The molecule has 2 nitrogen and oxygen atoms in total. The maximum atomic E-state index is 9.56. The van der Waals surface area contributed by atoms with Crippen molar-refractivity contribution < 1.29 is 5.11 Å². The van der Waals surface area contributed by atoms with E-state index in [9.17, 15) is 5.11 Å². The normalized spacial score (nSPS) is 36.8. The second-order valence-corrected chi connectivity index (χ2v) is 5.78. The Bertz CT molecular complexity index is 207. The first-order chi connectivity index (χ1) is 7.79. The minimum atomic E-state index is -0.149. The van der Waals surface area contributed by atoms with Crippen molar-refractivity contribution in [3.8, 4) is 0 Å². The van der Waals surface area contributed by atoms with Gasteiger partial charge in [-0.15, -0.1) is 0 Å². The van der Waals surface area contributed by atoms with Crippen LogP contribution in [0.2, 0.25) is 0 Å². The summed E-state index contributed by atoms with van der Waals surface area (Å²) in [4.78, 5) is 0. The summed E-state index contributed by atoms with van der Waals surface area (Å²) in [6.07, 6.45) is 10.7. The van der Waals surface area contributed by atoms with Gasteiger partial charge in [0.2, 0.25) is 0 Å². The number of nitrogens with one attached hydrogen (secondary N) is 1. The van der Waals surface area contributed by atoms with Gasteiger partial charge in [0.15, 0.2) is 0 Å². The van der Waals surface area contributed by atoms with Crippen molar-refractivity contribution in [3.63, 3.8) is 0 Å². The summed E-state index contributed by atoms with van der Waals surface area (Å²) < 4.78 is 0. The third kappa shape index (κ3) is 3.21. The molecule has 0 aliphatic heterocycles. The molecule has 0 aromatic rings. The van der Waals surface area contributed by atoms with E-state index in [-0.39, 0.29) is 6.10 Å². The van der Waals surface area contributed by atoms with E-state index in [1.807, 2.05) is 6.92 Å². The topological polar surface area (TPSA) is 32.3 Å². The van der Waals surface area contributed by atoms with Crippen molar-refractivity contribution in [2.24, 2.45) is 11.8 Å². The SMILES string of the molecule is CCC(O)CNC1CCC2CCCCC2C1. The van der Waals surface area contributed by atoms with Crippen LogP contribution >= 0.6 is 0 Å². The van der Waals surface area contributed by atoms with Gasteiger partial charge in [-0.3, -0.25) is 0 Å². The lowest BCUT2D eigenvalue weighted by atomic mass is 9.69. The van der Waals surface area contributed by atoms with Crippen LogP contribution in [0.5, 0.6) is 0 Å². The summed E-state index contributed by atoms with van der Waals surface area (Å²) in [5.74, 6) is 2.02. The Kier molecular flexibility index (Phi) is 4.66. The first-order valence-electron chi connectivity index (χ1n) is 7.21. The fraction of sp³-hybridized carbons (Fsp3) is 1.00. The van der Waals surface area contributed by atoms with E-state index in [2.05, 4.69) is 5.32 Å². The van der Waals surface area contributed by atoms with Crippen LogP contribution in [-0.4, -0.2) is 23.8 Å². The lowest BCUT2D eigenvalue weighted by Gasteiger charge is -2.39. The Morgan fingerprint density at radius 3 is 2.62 bits per heavy atom. The second-order valence-electron chi connectivity index (χ2n) is 5.78. The molecule has 2 aliphatic rings. The van der Waals surface area contributed by atoms with Crippen LogP contribution in [0.1, 0.15) is 58.3 Å². The van der Waals surface area contributed by atoms with Crippen molar-refractivity contribution >= 4 is 0 Å². The monoisotopic (exact) mass is 225 g/mol. The van der Waals surface area contributed by atoms with Gasteiger partial charge in [-0.2, -0.15) is 0 Å². The average Bonchev–Trinajstić information content (AvgIpc) is 2.35. The van der Waals surface area contributed by atoms with Gasteiger partial charge in [0.1, 0.15) is 0 Å². The summed E-state index contributed by atoms with van der Waals surface area (Å²) in [7, 11) is 0. The number of aliphatic hydroxyl groups is 1. The maximum Gasteiger partial charge on any atom is 0.0662 e. The van der Waals surface area contributed by atoms with E-state index in [1.165, 1.54) is 44.9 Å². The lowest BCUT2D eigenvalue weighted by molar-refractivity contribution is 0.123. The Morgan fingerprint density at radius 2 is 1.88 bits per heavy atom. The van der Waals surface area contributed by atoms with Crippen LogP contribution in [0.25, 0.3) is 0 Å². The molecule has 2 saturated carbocycles. The Labute approximate surface area is 99.8 Å². The Hall–Kier alpha value is -0.0800. The minimum absolute atomic E-state index is 0.149. The van der Waals surface area contributed by atoms with Crippen molar-refractivity contribution in [2.75, 3.05) is 6.54 Å². The summed E-state index contributed by atoms with van der Waals surface area (Å²) >= 11 is 0. The predicted molar refractivity (Wildman–Crippen MR) is 67.4 cm³/mol. The molecule has 4 atom stereocenters. The van der Waals surface area contributed by atoms with Gasteiger partial charge in [0, 0.05) is 12.6 Å². The fourth-order valence-corrected chi connectivity index (χ4v) is 3.51. The molecule has 94 valence electrons. The second kappa shape index (κ2) is 6.02. The molecule has 0 saturated heterocycles. The Balaban J connectivity index is 1.72. The van der Waals surface area contributed by atoms with Crippen LogP contribution in [0, 0.1) is 11.8 Å². The minimum Gasteiger partial charge on any atom is -0.392 e. The zero-order valence-electron chi connectivity index (χ0n) is 10.6. The highest BCUT2D eigenvalue weighted by atomic mass is 16.3. The van der Waals surface area contributed by atoms with Crippen molar-refractivity contribution in [1.29, 1.82) is 0 Å². The van der Waals surface area contributed by atoms with Gasteiger partial charge >= 0.3 is 0 Å². The highest BCUT2D eigenvalue weighted by Gasteiger charge is 2.31. The van der Waals surface area contributed by atoms with Gasteiger partial charge in [0.25, 0.3) is 0 Å². The summed E-state index contributed by atoms with van der Waals surface area (Å²) in [6.45, 7) is 2.84. The molecule has 2 fully saturated rings. The van der Waals surface area contributed by atoms with Crippen LogP contribution < -0.4 is 5.32 Å².